The van der Waals surface area contributed by atoms with Gasteiger partial charge in [0.15, 0.2) is 22.5 Å². The Hall–Kier alpha value is -4.52. The summed E-state index contributed by atoms with van der Waals surface area (Å²) < 4.78 is 10.3. The highest BCUT2D eigenvalue weighted by Crippen LogP contribution is 2.28. The number of amides is 3. The number of H-pyrrole nitrogens is 1. The highest BCUT2D eigenvalue weighted by atomic mass is 32.2. The van der Waals surface area contributed by atoms with Crippen LogP contribution in [0.1, 0.15) is 20.7 Å². The summed E-state index contributed by atoms with van der Waals surface area (Å²) >= 11 is 0.941. The van der Waals surface area contributed by atoms with Crippen molar-refractivity contribution < 1.29 is 23.9 Å². The van der Waals surface area contributed by atoms with Crippen molar-refractivity contribution in [2.24, 2.45) is 5.73 Å². The van der Waals surface area contributed by atoms with Gasteiger partial charge in [0.25, 0.3) is 11.5 Å². The van der Waals surface area contributed by atoms with E-state index in [0.717, 1.165) is 11.8 Å². The number of aromatic amines is 1. The fourth-order valence-electron chi connectivity index (χ4n) is 2.87. The Labute approximate surface area is 203 Å². The van der Waals surface area contributed by atoms with Gasteiger partial charge >= 0.3 is 0 Å². The van der Waals surface area contributed by atoms with Crippen LogP contribution in [0.2, 0.25) is 0 Å². The largest absolute Gasteiger partial charge is 0.493 e. The van der Waals surface area contributed by atoms with Crippen molar-refractivity contribution in [2.75, 3.05) is 36.3 Å². The normalized spacial score (nSPS) is 10.3. The molecule has 3 amide bonds. The molecule has 1 heterocycles. The predicted molar refractivity (Wildman–Crippen MR) is 131 cm³/mol. The molecule has 3 aromatic rings. The summed E-state index contributed by atoms with van der Waals surface area (Å²) in [6, 6.07) is 10.6. The predicted octanol–water partition coefficient (Wildman–Crippen LogP) is 1.45. The number of benzene rings is 2. The van der Waals surface area contributed by atoms with Crippen LogP contribution >= 0.6 is 11.8 Å². The Kier molecular flexibility index (Phi) is 7.94. The van der Waals surface area contributed by atoms with Gasteiger partial charge in [-0.05, 0) is 42.5 Å². The van der Waals surface area contributed by atoms with Gasteiger partial charge in [-0.2, -0.15) is 0 Å². The topological polar surface area (TPSA) is 192 Å². The maximum absolute atomic E-state index is 12.6. The number of nitrogens with zero attached hydrogens (tertiary/aromatic N) is 1. The number of hydrogen-bond donors (Lipinski definition) is 5. The second-order valence-corrected chi connectivity index (χ2v) is 7.90. The van der Waals surface area contributed by atoms with Gasteiger partial charge in [0, 0.05) is 16.8 Å². The highest BCUT2D eigenvalue weighted by molar-refractivity contribution is 7.99. The first-order valence-corrected chi connectivity index (χ1v) is 11.0. The van der Waals surface area contributed by atoms with E-state index in [1.54, 1.807) is 6.07 Å². The number of methoxy groups -OCH3 is 2. The van der Waals surface area contributed by atoms with Gasteiger partial charge in [-0.15, -0.1) is 0 Å². The van der Waals surface area contributed by atoms with Crippen molar-refractivity contribution in [3.05, 3.63) is 63.9 Å². The van der Waals surface area contributed by atoms with E-state index in [4.69, 9.17) is 20.9 Å². The molecule has 182 valence electrons. The number of rotatable bonds is 9. The fraction of sp³-hybridized carbons (Fsp3) is 0.136. The Balaban J connectivity index is 1.64. The molecule has 0 aliphatic rings. The molecule has 7 N–H and O–H groups in total. The molecule has 13 heteroatoms. The molecule has 0 radical (unpaired) electrons. The van der Waals surface area contributed by atoms with Crippen molar-refractivity contribution in [3.8, 4) is 11.5 Å². The minimum Gasteiger partial charge on any atom is -0.493 e. The summed E-state index contributed by atoms with van der Waals surface area (Å²) in [6.45, 7) is 0. The Morgan fingerprint density at radius 3 is 2.26 bits per heavy atom. The molecule has 0 bridgehead atoms. The number of anilines is 3. The molecule has 0 fully saturated rings. The van der Waals surface area contributed by atoms with E-state index in [-0.39, 0.29) is 33.9 Å². The average molecular weight is 499 g/mol. The molecule has 0 unspecified atom stereocenters. The maximum Gasteiger partial charge on any atom is 0.277 e. The number of hydrogen-bond acceptors (Lipinski definition) is 9. The number of thioether (sulfide) groups is 1. The zero-order valence-corrected chi connectivity index (χ0v) is 19.5. The summed E-state index contributed by atoms with van der Waals surface area (Å²) in [5.41, 5.74) is 11.1. The van der Waals surface area contributed by atoms with E-state index in [0.29, 0.717) is 22.7 Å². The lowest BCUT2D eigenvalue weighted by atomic mass is 10.2. The van der Waals surface area contributed by atoms with E-state index in [9.17, 15) is 19.2 Å². The number of ether oxygens (including phenoxy) is 2. The number of aromatic nitrogens is 2. The zero-order valence-electron chi connectivity index (χ0n) is 18.7. The van der Waals surface area contributed by atoms with Gasteiger partial charge in [0.1, 0.15) is 5.69 Å². The molecule has 0 aliphatic heterocycles. The minimum absolute atomic E-state index is 0.0860. The maximum atomic E-state index is 12.6. The molecule has 12 nitrogen and oxygen atoms in total. The average Bonchev–Trinajstić information content (AvgIpc) is 2.84. The Morgan fingerprint density at radius 1 is 1.00 bits per heavy atom. The smallest absolute Gasteiger partial charge is 0.277 e. The third kappa shape index (κ3) is 6.29. The first-order chi connectivity index (χ1) is 16.7. The lowest BCUT2D eigenvalue weighted by molar-refractivity contribution is -0.113. The van der Waals surface area contributed by atoms with Crippen LogP contribution in [0.5, 0.6) is 11.5 Å². The van der Waals surface area contributed by atoms with Crippen molar-refractivity contribution in [1.29, 1.82) is 0 Å². The molecular formula is C22H22N6O6S. The van der Waals surface area contributed by atoms with E-state index < -0.39 is 17.4 Å². The molecule has 2 aromatic carbocycles. The number of carbonyl (C=O) groups is 3. The van der Waals surface area contributed by atoms with Gasteiger partial charge in [-0.25, -0.2) is 4.98 Å². The Bertz CT molecular complexity index is 1330. The molecule has 0 saturated carbocycles. The summed E-state index contributed by atoms with van der Waals surface area (Å²) in [5.74, 6) is -1.08. The van der Waals surface area contributed by atoms with Crippen LogP contribution in [0.3, 0.4) is 0 Å². The fourth-order valence-corrected chi connectivity index (χ4v) is 3.54. The van der Waals surface area contributed by atoms with Crippen LogP contribution in [-0.2, 0) is 4.79 Å². The van der Waals surface area contributed by atoms with Gasteiger partial charge in [-0.3, -0.25) is 24.2 Å². The first-order valence-electron chi connectivity index (χ1n) is 9.97. The van der Waals surface area contributed by atoms with Gasteiger partial charge in [0.05, 0.1) is 20.0 Å². The summed E-state index contributed by atoms with van der Waals surface area (Å²) in [6.07, 6.45) is 0. The van der Waals surface area contributed by atoms with Gasteiger partial charge < -0.3 is 31.6 Å². The summed E-state index contributed by atoms with van der Waals surface area (Å²) in [5, 5.41) is 5.17. The molecular weight excluding hydrogens is 476 g/mol. The number of carbonyl (C=O) groups excluding carboxylic acids is 3. The van der Waals surface area contributed by atoms with Crippen LogP contribution in [0.4, 0.5) is 17.2 Å². The van der Waals surface area contributed by atoms with Crippen LogP contribution in [-0.4, -0.2) is 47.7 Å². The Morgan fingerprint density at radius 2 is 1.66 bits per heavy atom. The van der Waals surface area contributed by atoms with Gasteiger partial charge in [-0.1, -0.05) is 11.8 Å². The second kappa shape index (κ2) is 11.1. The van der Waals surface area contributed by atoms with E-state index in [2.05, 4.69) is 20.6 Å². The first kappa shape index (κ1) is 25.1. The molecule has 0 saturated heterocycles. The molecule has 0 atom stereocenters. The summed E-state index contributed by atoms with van der Waals surface area (Å²) in [7, 11) is 2.90. The standard InChI is InChI=1S/C22H22N6O6S/c1-33-14-8-5-12(9-15(14)34-2)20(31)26-17-18(23)27-22(28-21(17)32)35-10-16(29)25-13-6-3-11(4-7-13)19(24)30/h3-9H,10H2,1-2H3,(H2,24,30)(H,25,29)(H,26,31)(H3,23,27,28,32). The quantitative estimate of drug-likeness (QED) is 0.214. The van der Waals surface area contributed by atoms with E-state index in [1.165, 1.54) is 50.6 Å². The second-order valence-electron chi connectivity index (χ2n) is 6.93. The SMILES string of the molecule is COc1ccc(C(=O)Nc2c(N)nc(SCC(=O)Nc3ccc(C(N)=O)cc3)[nH]c2=O)cc1OC. The van der Waals surface area contributed by atoms with E-state index >= 15 is 0 Å². The minimum atomic E-state index is -0.684. The number of nitrogens with one attached hydrogen (secondary N) is 3. The highest BCUT2D eigenvalue weighted by Gasteiger charge is 2.16. The van der Waals surface area contributed by atoms with Crippen LogP contribution in [0.25, 0.3) is 0 Å². The molecule has 1 aromatic heterocycles. The van der Waals surface area contributed by atoms with Crippen molar-refractivity contribution in [2.45, 2.75) is 5.16 Å². The lowest BCUT2D eigenvalue weighted by Gasteiger charge is -2.11. The third-order valence-electron chi connectivity index (χ3n) is 4.60. The van der Waals surface area contributed by atoms with Crippen molar-refractivity contribution >= 4 is 46.7 Å². The van der Waals surface area contributed by atoms with Crippen LogP contribution in [0.15, 0.2) is 52.4 Å². The van der Waals surface area contributed by atoms with Crippen LogP contribution in [0, 0.1) is 0 Å². The molecule has 0 spiro atoms. The molecule has 0 aliphatic carbocycles. The van der Waals surface area contributed by atoms with Crippen molar-refractivity contribution in [1.82, 2.24) is 9.97 Å². The summed E-state index contributed by atoms with van der Waals surface area (Å²) in [4.78, 5) is 54.9. The van der Waals surface area contributed by atoms with Crippen LogP contribution < -0.4 is 37.1 Å². The van der Waals surface area contributed by atoms with Gasteiger partial charge in [0.2, 0.25) is 11.8 Å². The third-order valence-corrected chi connectivity index (χ3v) is 5.48. The number of nitrogen functional groups attached to an aromatic ring is 1. The van der Waals surface area contributed by atoms with Crippen molar-refractivity contribution in [3.63, 3.8) is 0 Å². The van der Waals surface area contributed by atoms with E-state index in [1.807, 2.05) is 0 Å². The molecule has 3 rings (SSSR count). The molecule has 35 heavy (non-hydrogen) atoms. The lowest BCUT2D eigenvalue weighted by Crippen LogP contribution is -2.23. The number of nitrogens with two attached hydrogens (primary N) is 2. The zero-order chi connectivity index (χ0) is 25.5. The monoisotopic (exact) mass is 498 g/mol. The number of primary amides is 1.